The molecule has 4 aromatic carbocycles. The molecular weight excluding hydrogens is 499 g/mol. The van der Waals surface area contributed by atoms with Gasteiger partial charge in [0.25, 0.3) is 0 Å². The summed E-state index contributed by atoms with van der Waals surface area (Å²) in [5.74, 6) is -4.29. The van der Waals surface area contributed by atoms with E-state index in [0.717, 1.165) is 54.2 Å². The Morgan fingerprint density at radius 1 is 0.872 bits per heavy atom. The van der Waals surface area contributed by atoms with E-state index < -0.39 is 31.0 Å². The third-order valence-corrected chi connectivity index (χ3v) is 8.40. The Morgan fingerprint density at radius 2 is 1.56 bits per heavy atom. The Balaban J connectivity index is 1.65. The normalized spacial score (nSPS) is 15.0. The van der Waals surface area contributed by atoms with Crippen LogP contribution >= 0.6 is 11.3 Å². The summed E-state index contributed by atoms with van der Waals surface area (Å²) in [6, 6.07) is 29.1. The fourth-order valence-corrected chi connectivity index (χ4v) is 6.72. The molecule has 190 valence electrons. The van der Waals surface area contributed by atoms with Gasteiger partial charge in [0, 0.05) is 47.0 Å². The van der Waals surface area contributed by atoms with Crippen molar-refractivity contribution in [3.63, 3.8) is 0 Å². The summed E-state index contributed by atoms with van der Waals surface area (Å²) in [7, 11) is 1.60. The highest BCUT2D eigenvalue weighted by atomic mass is 32.1. The molecule has 6 aromatic rings. The Kier molecular flexibility index (Phi) is 4.52. The van der Waals surface area contributed by atoms with Gasteiger partial charge >= 0.3 is 0 Å². The van der Waals surface area contributed by atoms with Crippen molar-refractivity contribution in [3.8, 4) is 39.6 Å². The maximum absolute atomic E-state index is 15.5. The first-order chi connectivity index (χ1) is 21.7. The number of thiophene rings is 1. The zero-order chi connectivity index (χ0) is 33.2. The maximum Gasteiger partial charge on any atom is 0.214 e. The summed E-state index contributed by atoms with van der Waals surface area (Å²) in [4.78, 5) is 0. The lowest BCUT2D eigenvalue weighted by molar-refractivity contribution is -0.662. The van der Waals surface area contributed by atoms with Crippen LogP contribution in [0.2, 0.25) is 0 Å². The Bertz CT molecular complexity index is 2180. The third kappa shape index (κ3) is 4.20. The van der Waals surface area contributed by atoms with Crippen LogP contribution in [0.1, 0.15) is 45.9 Å². The number of hydrogen-bond donors (Lipinski definition) is 0. The molecular formula is C35H28FN2S+. The molecule has 0 atom stereocenters. The summed E-state index contributed by atoms with van der Waals surface area (Å²) < 4.78 is 75.1. The minimum atomic E-state index is -3.34. The fraction of sp³-hybridized carbons (Fsp3) is 0.143. The number of fused-ring (bicyclic) bond motifs is 3. The summed E-state index contributed by atoms with van der Waals surface area (Å²) in [5, 5.41) is 12.0. The van der Waals surface area contributed by atoms with E-state index in [1.807, 2.05) is 73.7 Å². The average molecular weight is 535 g/mol. The predicted octanol–water partition coefficient (Wildman–Crippen LogP) is 9.32. The van der Waals surface area contributed by atoms with Gasteiger partial charge in [-0.3, -0.25) is 0 Å². The van der Waals surface area contributed by atoms with Crippen molar-refractivity contribution in [2.24, 2.45) is 7.05 Å². The first-order valence-corrected chi connectivity index (χ1v) is 13.2. The smallest absolute Gasteiger partial charge is 0.200 e. The van der Waals surface area contributed by atoms with Gasteiger partial charge in [-0.15, -0.1) is 11.3 Å². The van der Waals surface area contributed by atoms with Crippen LogP contribution in [0.15, 0.2) is 91.1 Å². The number of aromatic nitrogens is 1. The molecule has 0 amide bonds. The number of rotatable bonds is 4. The van der Waals surface area contributed by atoms with E-state index in [1.165, 1.54) is 22.0 Å². The van der Waals surface area contributed by atoms with Gasteiger partial charge in [-0.1, -0.05) is 80.4 Å². The molecule has 2 heterocycles. The molecule has 0 aliphatic rings. The minimum Gasteiger partial charge on any atom is -0.200 e. The Labute approximate surface area is 242 Å². The third-order valence-electron chi connectivity index (χ3n) is 7.15. The molecule has 6 rings (SSSR count). The van der Waals surface area contributed by atoms with Gasteiger partial charge < -0.3 is 0 Å². The molecule has 0 aliphatic carbocycles. The van der Waals surface area contributed by atoms with Crippen molar-refractivity contribution >= 4 is 31.5 Å². The van der Waals surface area contributed by atoms with Crippen molar-refractivity contribution in [1.82, 2.24) is 0 Å². The lowest BCUT2D eigenvalue weighted by Gasteiger charge is -2.11. The molecule has 0 saturated heterocycles. The predicted molar refractivity (Wildman–Crippen MR) is 160 cm³/mol. The number of nitrogens with zero attached hydrogens (tertiary/aromatic N) is 2. The van der Waals surface area contributed by atoms with Crippen LogP contribution in [0.5, 0.6) is 0 Å². The minimum absolute atomic E-state index is 0.365. The highest BCUT2D eigenvalue weighted by Gasteiger charge is 2.24. The van der Waals surface area contributed by atoms with E-state index in [1.54, 1.807) is 13.1 Å². The molecule has 0 spiro atoms. The van der Waals surface area contributed by atoms with Crippen molar-refractivity contribution in [3.05, 3.63) is 114 Å². The highest BCUT2D eigenvalue weighted by molar-refractivity contribution is 7.27. The zero-order valence-electron chi connectivity index (χ0n) is 28.3. The van der Waals surface area contributed by atoms with Crippen LogP contribution in [0.25, 0.3) is 53.7 Å². The van der Waals surface area contributed by atoms with Gasteiger partial charge in [0.1, 0.15) is 7.05 Å². The molecule has 0 fully saturated rings. The second kappa shape index (κ2) is 9.76. The zero-order valence-corrected chi connectivity index (χ0v) is 22.2. The molecule has 0 unspecified atom stereocenters. The van der Waals surface area contributed by atoms with Gasteiger partial charge in [0.05, 0.1) is 17.2 Å². The average Bonchev–Trinajstić information content (AvgIpc) is 3.38. The van der Waals surface area contributed by atoms with E-state index in [0.29, 0.717) is 16.8 Å². The molecule has 2 nitrogen and oxygen atoms in total. The van der Waals surface area contributed by atoms with Gasteiger partial charge in [-0.05, 0) is 47.2 Å². The highest BCUT2D eigenvalue weighted by Crippen LogP contribution is 2.46. The van der Waals surface area contributed by atoms with E-state index in [4.69, 9.17) is 9.60 Å². The topological polar surface area (TPSA) is 27.7 Å². The van der Waals surface area contributed by atoms with Crippen molar-refractivity contribution in [2.45, 2.75) is 26.5 Å². The quantitative estimate of drug-likeness (QED) is 0.207. The van der Waals surface area contributed by atoms with Crippen LogP contribution < -0.4 is 4.57 Å². The van der Waals surface area contributed by atoms with Crippen LogP contribution in [-0.4, -0.2) is 0 Å². The molecule has 0 saturated carbocycles. The monoisotopic (exact) mass is 534 g/mol. The molecule has 0 N–H and O–H groups in total. The summed E-state index contributed by atoms with van der Waals surface area (Å²) in [6.45, 7) is -4.81. The van der Waals surface area contributed by atoms with Crippen molar-refractivity contribution in [2.75, 3.05) is 0 Å². The molecule has 2 aromatic heterocycles. The van der Waals surface area contributed by atoms with Crippen LogP contribution in [0.3, 0.4) is 0 Å². The summed E-state index contributed by atoms with van der Waals surface area (Å²) in [5.41, 5.74) is 5.30. The van der Waals surface area contributed by atoms with Gasteiger partial charge in [-0.2, -0.15) is 9.83 Å². The number of hydrogen-bond acceptors (Lipinski definition) is 2. The van der Waals surface area contributed by atoms with Gasteiger partial charge in [0.15, 0.2) is 5.82 Å². The van der Waals surface area contributed by atoms with Crippen LogP contribution in [0.4, 0.5) is 4.39 Å². The second-order valence-electron chi connectivity index (χ2n) is 9.57. The largest absolute Gasteiger partial charge is 0.214 e. The Morgan fingerprint density at radius 3 is 2.31 bits per heavy atom. The lowest BCUT2D eigenvalue weighted by atomic mass is 9.94. The standard InChI is InChI=1S/C35H28FN2S/c1-21(2)29-18-31(38(4)20-30(29)36)32-22(3)13-15-27-28-16-14-26(19-37)33(35(28)39-34(27)32)25-12-8-11-24(17-25)23-9-6-5-7-10-23/h5-18,20-21H,1-4H3/q+1/i1D3,2D3,21D. The number of nitriles is 1. The first kappa shape index (κ1) is 18.0. The van der Waals surface area contributed by atoms with Crippen LogP contribution in [-0.2, 0) is 7.05 Å². The van der Waals surface area contributed by atoms with E-state index in [2.05, 4.69) is 12.1 Å². The van der Waals surface area contributed by atoms with E-state index in [9.17, 15) is 5.26 Å². The number of benzene rings is 4. The summed E-state index contributed by atoms with van der Waals surface area (Å²) in [6.07, 6.45) is 1.03. The second-order valence-corrected chi connectivity index (χ2v) is 10.6. The van der Waals surface area contributed by atoms with E-state index >= 15 is 4.39 Å². The summed E-state index contributed by atoms with van der Waals surface area (Å²) >= 11 is 1.46. The fourth-order valence-electron chi connectivity index (χ4n) is 5.24. The first-order valence-electron chi connectivity index (χ1n) is 15.9. The van der Waals surface area contributed by atoms with Crippen molar-refractivity contribution < 1.29 is 18.6 Å². The lowest BCUT2D eigenvalue weighted by Crippen LogP contribution is -2.32. The maximum atomic E-state index is 15.5. The molecule has 0 radical (unpaired) electrons. The SMILES string of the molecule is [2H]C([2H])([2H])C([2H])(c1cc(-c2c(C)ccc3c2sc2c(-c4cccc(-c5ccccc5)c4)c(C#N)ccc23)[n+](C)cc1F)C([2H])([2H])[2H]. The van der Waals surface area contributed by atoms with Gasteiger partial charge in [0.2, 0.25) is 11.9 Å². The van der Waals surface area contributed by atoms with Gasteiger partial charge in [-0.25, -0.2) is 4.39 Å². The molecule has 0 bridgehead atoms. The Hall–Kier alpha value is -4.33. The molecule has 39 heavy (non-hydrogen) atoms. The number of aryl methyl sites for hydroxylation is 2. The molecule has 4 heteroatoms. The number of pyridine rings is 1. The van der Waals surface area contributed by atoms with Crippen molar-refractivity contribution in [1.29, 1.82) is 5.26 Å². The van der Waals surface area contributed by atoms with Crippen LogP contribution in [0, 0.1) is 24.1 Å². The molecule has 0 aliphatic heterocycles. The van der Waals surface area contributed by atoms with E-state index in [-0.39, 0.29) is 0 Å². The number of halogens is 1.